The van der Waals surface area contributed by atoms with Gasteiger partial charge in [-0.15, -0.1) is 0 Å². The lowest BCUT2D eigenvalue weighted by atomic mass is 10.1. The molecule has 1 aromatic rings. The second-order valence-electron chi connectivity index (χ2n) is 2.63. The van der Waals surface area contributed by atoms with Gasteiger partial charge < -0.3 is 10.4 Å². The molecule has 0 heterocycles. The van der Waals surface area contributed by atoms with Gasteiger partial charge in [0.05, 0.1) is 6.61 Å². The highest BCUT2D eigenvalue weighted by Crippen LogP contribution is 1.97. The topological polar surface area (TPSA) is 32.3 Å². The van der Waals surface area contributed by atoms with Crippen LogP contribution in [0.1, 0.15) is 5.56 Å². The molecule has 0 fully saturated rings. The summed E-state index contributed by atoms with van der Waals surface area (Å²) in [6.07, 6.45) is 1.01. The Morgan fingerprint density at radius 1 is 1.25 bits per heavy atom. The molecule has 0 saturated carbocycles. The molecule has 1 radical (unpaired) electrons. The molecule has 0 bridgehead atoms. The van der Waals surface area contributed by atoms with Crippen LogP contribution in [0, 0.1) is 6.07 Å². The van der Waals surface area contributed by atoms with Crippen molar-refractivity contribution in [3.8, 4) is 0 Å². The van der Waals surface area contributed by atoms with Gasteiger partial charge in [0.25, 0.3) is 0 Å². The Bertz CT molecular complexity index is 198. The van der Waals surface area contributed by atoms with E-state index in [-0.39, 0.29) is 6.61 Å². The van der Waals surface area contributed by atoms with Gasteiger partial charge in [-0.25, -0.2) is 0 Å². The fraction of sp³-hybridized carbons (Fsp3) is 0.400. The fourth-order valence-electron chi connectivity index (χ4n) is 1.02. The monoisotopic (exact) mass is 164 g/mol. The number of aliphatic hydroxyl groups is 1. The van der Waals surface area contributed by atoms with E-state index >= 15 is 0 Å². The van der Waals surface area contributed by atoms with Gasteiger partial charge in [-0.1, -0.05) is 24.3 Å². The summed E-state index contributed by atoms with van der Waals surface area (Å²) in [5.74, 6) is 0. The maximum absolute atomic E-state index is 8.50. The Labute approximate surface area is 73.2 Å². The summed E-state index contributed by atoms with van der Waals surface area (Å²) in [4.78, 5) is 0. The Balaban J connectivity index is 2.16. The van der Waals surface area contributed by atoms with Crippen LogP contribution in [0.4, 0.5) is 0 Å². The molecule has 0 unspecified atom stereocenters. The Hall–Kier alpha value is -0.860. The summed E-state index contributed by atoms with van der Waals surface area (Å²) in [5, 5.41) is 11.6. The van der Waals surface area contributed by atoms with Crippen LogP contribution in [-0.4, -0.2) is 24.8 Å². The Morgan fingerprint density at radius 2 is 2.00 bits per heavy atom. The van der Waals surface area contributed by atoms with Crippen LogP contribution in [0.15, 0.2) is 24.3 Å². The summed E-state index contributed by atoms with van der Waals surface area (Å²) in [7, 11) is 0. The smallest absolute Gasteiger partial charge is 0.0555 e. The van der Waals surface area contributed by atoms with E-state index in [4.69, 9.17) is 5.11 Å². The largest absolute Gasteiger partial charge is 0.395 e. The lowest BCUT2D eigenvalue weighted by Gasteiger charge is -2.01. The first kappa shape index (κ1) is 9.23. The molecule has 2 N–H and O–H groups in total. The number of rotatable bonds is 5. The van der Waals surface area contributed by atoms with Crippen LogP contribution in [0.2, 0.25) is 0 Å². The van der Waals surface area contributed by atoms with Crippen LogP contribution < -0.4 is 5.32 Å². The molecule has 0 aromatic heterocycles. The van der Waals surface area contributed by atoms with Crippen molar-refractivity contribution in [3.63, 3.8) is 0 Å². The van der Waals surface area contributed by atoms with Crippen LogP contribution in [0.3, 0.4) is 0 Å². The number of hydrogen-bond donors (Lipinski definition) is 2. The Morgan fingerprint density at radius 3 is 2.67 bits per heavy atom. The maximum atomic E-state index is 8.50. The highest BCUT2D eigenvalue weighted by molar-refractivity contribution is 5.13. The van der Waals surface area contributed by atoms with Gasteiger partial charge in [-0.3, -0.25) is 0 Å². The summed E-state index contributed by atoms with van der Waals surface area (Å²) >= 11 is 0. The zero-order chi connectivity index (χ0) is 8.65. The minimum atomic E-state index is 0.211. The van der Waals surface area contributed by atoms with Crippen molar-refractivity contribution in [1.29, 1.82) is 0 Å². The molecule has 0 aliphatic heterocycles. The molecule has 0 amide bonds. The minimum absolute atomic E-state index is 0.211. The summed E-state index contributed by atoms with van der Waals surface area (Å²) in [5.41, 5.74) is 1.30. The minimum Gasteiger partial charge on any atom is -0.395 e. The van der Waals surface area contributed by atoms with Crippen molar-refractivity contribution in [3.05, 3.63) is 35.9 Å². The molecule has 0 spiro atoms. The van der Waals surface area contributed by atoms with Gasteiger partial charge in [-0.2, -0.15) is 0 Å². The maximum Gasteiger partial charge on any atom is 0.0555 e. The van der Waals surface area contributed by atoms with Crippen molar-refractivity contribution in [2.45, 2.75) is 6.42 Å². The van der Waals surface area contributed by atoms with Crippen molar-refractivity contribution in [2.75, 3.05) is 19.7 Å². The zero-order valence-corrected chi connectivity index (χ0v) is 7.09. The van der Waals surface area contributed by atoms with Crippen LogP contribution in [-0.2, 0) is 6.42 Å². The average Bonchev–Trinajstić information content (AvgIpc) is 2.14. The molecule has 0 saturated heterocycles. The van der Waals surface area contributed by atoms with Gasteiger partial charge in [0, 0.05) is 6.54 Å². The molecule has 2 nitrogen and oxygen atoms in total. The molecule has 12 heavy (non-hydrogen) atoms. The predicted octanol–water partition coefficient (Wildman–Crippen LogP) is 0.611. The van der Waals surface area contributed by atoms with E-state index in [1.807, 2.05) is 12.1 Å². The zero-order valence-electron chi connectivity index (χ0n) is 7.09. The normalized spacial score (nSPS) is 10.1. The highest BCUT2D eigenvalue weighted by atomic mass is 16.3. The summed E-state index contributed by atoms with van der Waals surface area (Å²) < 4.78 is 0. The second kappa shape index (κ2) is 5.75. The van der Waals surface area contributed by atoms with Crippen LogP contribution in [0.25, 0.3) is 0 Å². The third-order valence-electron chi connectivity index (χ3n) is 1.67. The molecule has 0 aliphatic rings. The second-order valence-corrected chi connectivity index (χ2v) is 2.63. The fourth-order valence-corrected chi connectivity index (χ4v) is 1.02. The number of benzene rings is 1. The van der Waals surface area contributed by atoms with Gasteiger partial charge in [-0.05, 0) is 24.6 Å². The third-order valence-corrected chi connectivity index (χ3v) is 1.67. The van der Waals surface area contributed by atoms with Gasteiger partial charge in [0.1, 0.15) is 0 Å². The van der Waals surface area contributed by atoms with E-state index in [0.717, 1.165) is 13.0 Å². The first-order valence-corrected chi connectivity index (χ1v) is 4.20. The standard InChI is InChI=1S/C10H14NO/c12-9-8-11-7-6-10-4-2-1-3-5-10/h2-5,11-12H,6-9H2. The average molecular weight is 164 g/mol. The molecular formula is C10H14NO. The number of hydrogen-bond acceptors (Lipinski definition) is 2. The highest BCUT2D eigenvalue weighted by Gasteiger charge is 1.89. The van der Waals surface area contributed by atoms with Gasteiger partial charge in [0.2, 0.25) is 0 Å². The molecule has 2 heteroatoms. The van der Waals surface area contributed by atoms with Crippen molar-refractivity contribution >= 4 is 0 Å². The number of aliphatic hydroxyl groups excluding tert-OH is 1. The van der Waals surface area contributed by atoms with E-state index < -0.39 is 0 Å². The van der Waals surface area contributed by atoms with Crippen molar-refractivity contribution < 1.29 is 5.11 Å². The summed E-state index contributed by atoms with van der Waals surface area (Å²) in [6.45, 7) is 1.81. The summed E-state index contributed by atoms with van der Waals surface area (Å²) in [6, 6.07) is 10.9. The number of nitrogens with one attached hydrogen (secondary N) is 1. The van der Waals surface area contributed by atoms with Crippen molar-refractivity contribution in [1.82, 2.24) is 5.32 Å². The van der Waals surface area contributed by atoms with E-state index in [1.165, 1.54) is 5.56 Å². The van der Waals surface area contributed by atoms with E-state index in [1.54, 1.807) is 0 Å². The van der Waals surface area contributed by atoms with Gasteiger partial charge in [0.15, 0.2) is 0 Å². The van der Waals surface area contributed by atoms with Crippen LogP contribution >= 0.6 is 0 Å². The predicted molar refractivity (Wildman–Crippen MR) is 48.9 cm³/mol. The Kier molecular flexibility index (Phi) is 4.42. The van der Waals surface area contributed by atoms with Crippen LogP contribution in [0.5, 0.6) is 0 Å². The van der Waals surface area contributed by atoms with E-state index in [2.05, 4.69) is 23.5 Å². The molecule has 1 aromatic carbocycles. The van der Waals surface area contributed by atoms with Crippen molar-refractivity contribution in [2.24, 2.45) is 0 Å². The molecule has 0 atom stereocenters. The first-order valence-electron chi connectivity index (χ1n) is 4.20. The quantitative estimate of drug-likeness (QED) is 0.625. The lowest BCUT2D eigenvalue weighted by Crippen LogP contribution is -2.20. The first-order chi connectivity index (χ1) is 5.93. The molecule has 65 valence electrons. The van der Waals surface area contributed by atoms with E-state index in [9.17, 15) is 0 Å². The molecular weight excluding hydrogens is 150 g/mol. The molecule has 1 rings (SSSR count). The van der Waals surface area contributed by atoms with E-state index in [0.29, 0.717) is 6.54 Å². The SMILES string of the molecule is OCCNCCc1cc[c]cc1. The molecule has 0 aliphatic carbocycles. The lowest BCUT2D eigenvalue weighted by molar-refractivity contribution is 0.293. The van der Waals surface area contributed by atoms with Gasteiger partial charge >= 0.3 is 0 Å². The third kappa shape index (κ3) is 3.51.